The fraction of sp³-hybridized carbons (Fsp3) is 0.333. The number of nitrogens with one attached hydrogen (secondary N) is 1. The number of phenolic OH excluding ortho intramolecular Hbond substituents is 1. The molecule has 0 bridgehead atoms. The van der Waals surface area contributed by atoms with Crippen molar-refractivity contribution >= 4 is 5.91 Å². The van der Waals surface area contributed by atoms with E-state index in [0.29, 0.717) is 53.9 Å². The molecule has 0 aliphatic carbocycles. The molecular weight excluding hydrogens is 518 g/mol. The molecule has 0 fully saturated rings. The van der Waals surface area contributed by atoms with Crippen LogP contribution in [0.4, 0.5) is 0 Å². The molecule has 1 aliphatic heterocycles. The molecule has 8 nitrogen and oxygen atoms in total. The van der Waals surface area contributed by atoms with Crippen LogP contribution in [0.15, 0.2) is 54.6 Å². The summed E-state index contributed by atoms with van der Waals surface area (Å²) in [6.07, 6.45) is 0.654. The lowest BCUT2D eigenvalue weighted by molar-refractivity contribution is 0.0745. The Morgan fingerprint density at radius 3 is 2.41 bits per heavy atom. The number of aryl methyl sites for hydroxylation is 2. The molecule has 2 N–H and O–H groups in total. The van der Waals surface area contributed by atoms with E-state index < -0.39 is 6.04 Å². The number of carbonyl (C=O) groups is 1. The van der Waals surface area contributed by atoms with Gasteiger partial charge in [0.25, 0.3) is 5.91 Å². The van der Waals surface area contributed by atoms with E-state index >= 15 is 0 Å². The normalized spacial score (nSPS) is 14.5. The van der Waals surface area contributed by atoms with E-state index in [1.807, 2.05) is 67.3 Å². The van der Waals surface area contributed by atoms with Crippen LogP contribution in [0.5, 0.6) is 23.0 Å². The fourth-order valence-corrected chi connectivity index (χ4v) is 5.49. The van der Waals surface area contributed by atoms with E-state index in [9.17, 15) is 9.90 Å². The number of nitrogens with zero attached hydrogens (tertiary/aromatic N) is 2. The molecule has 0 saturated heterocycles. The third-order valence-corrected chi connectivity index (χ3v) is 7.44. The number of phenols is 1. The van der Waals surface area contributed by atoms with Crippen molar-refractivity contribution in [3.63, 3.8) is 0 Å². The van der Waals surface area contributed by atoms with Gasteiger partial charge in [-0.25, -0.2) is 0 Å². The second-order valence-electron chi connectivity index (χ2n) is 11.0. The lowest BCUT2D eigenvalue weighted by atomic mass is 9.93. The van der Waals surface area contributed by atoms with Gasteiger partial charge < -0.3 is 24.2 Å². The second kappa shape index (κ2) is 11.6. The maximum Gasteiger partial charge on any atom is 0.273 e. The molecule has 0 saturated carbocycles. The quantitative estimate of drug-likeness (QED) is 0.241. The van der Waals surface area contributed by atoms with Crippen LogP contribution in [-0.2, 0) is 6.42 Å². The number of methoxy groups -OCH3 is 2. The van der Waals surface area contributed by atoms with Crippen LogP contribution in [0.2, 0.25) is 0 Å². The van der Waals surface area contributed by atoms with E-state index in [4.69, 9.17) is 14.2 Å². The number of fused-ring (bicyclic) bond motifs is 1. The Hall–Kier alpha value is -4.46. The molecule has 2 heterocycles. The van der Waals surface area contributed by atoms with E-state index in [2.05, 4.69) is 24.0 Å². The Morgan fingerprint density at radius 1 is 1.00 bits per heavy atom. The van der Waals surface area contributed by atoms with Crippen LogP contribution in [0, 0.1) is 19.8 Å². The first-order valence-corrected chi connectivity index (χ1v) is 13.8. The van der Waals surface area contributed by atoms with Gasteiger partial charge in [-0.05, 0) is 78.8 Å². The number of hydrogen-bond acceptors (Lipinski definition) is 6. The van der Waals surface area contributed by atoms with Crippen molar-refractivity contribution in [1.29, 1.82) is 0 Å². The summed E-state index contributed by atoms with van der Waals surface area (Å²) in [5.74, 6) is 2.39. The molecule has 1 amide bonds. The second-order valence-corrected chi connectivity index (χ2v) is 11.0. The Morgan fingerprint density at radius 2 is 1.76 bits per heavy atom. The number of hydrogen-bond donors (Lipinski definition) is 2. The summed E-state index contributed by atoms with van der Waals surface area (Å²) in [5.41, 5.74) is 6.15. The van der Waals surface area contributed by atoms with Gasteiger partial charge in [0.15, 0.2) is 11.5 Å². The van der Waals surface area contributed by atoms with Gasteiger partial charge in [-0.3, -0.25) is 9.89 Å². The number of rotatable bonds is 10. The summed E-state index contributed by atoms with van der Waals surface area (Å²) in [6.45, 7) is 9.11. The van der Waals surface area contributed by atoms with Gasteiger partial charge in [-0.1, -0.05) is 38.1 Å². The zero-order valence-corrected chi connectivity index (χ0v) is 24.4. The number of aromatic hydroxyl groups is 1. The monoisotopic (exact) mass is 555 g/mol. The zero-order valence-electron chi connectivity index (χ0n) is 24.4. The van der Waals surface area contributed by atoms with Gasteiger partial charge in [0, 0.05) is 17.7 Å². The van der Waals surface area contributed by atoms with Gasteiger partial charge in [0.2, 0.25) is 0 Å². The van der Waals surface area contributed by atoms with Crippen molar-refractivity contribution in [1.82, 2.24) is 15.1 Å². The minimum Gasteiger partial charge on any atom is -0.507 e. The fourth-order valence-electron chi connectivity index (χ4n) is 5.49. The SMILES string of the molecule is COc1ccc(CCN2C(=O)c3[nH]nc(-c4c(C)cc(C)cc4O)c3C2c2ccc(OCC(C)C)c(OC)c2)cc1. The van der Waals surface area contributed by atoms with Crippen molar-refractivity contribution in [3.05, 3.63) is 88.1 Å². The smallest absolute Gasteiger partial charge is 0.273 e. The molecule has 8 heteroatoms. The van der Waals surface area contributed by atoms with Crippen LogP contribution in [0.25, 0.3) is 11.3 Å². The molecule has 1 unspecified atom stereocenters. The van der Waals surface area contributed by atoms with Gasteiger partial charge in [0.05, 0.1) is 26.9 Å². The molecule has 41 heavy (non-hydrogen) atoms. The standard InChI is InChI=1S/C33H37N3O5/c1-19(2)18-41-26-12-9-23(17-27(26)40-6)32-29-30(28-21(4)15-20(3)16-25(28)37)34-35-31(29)33(38)36(32)14-13-22-7-10-24(39-5)11-8-22/h7-12,15-17,19,32,37H,13-14,18H2,1-6H3,(H,34,35). The van der Waals surface area contributed by atoms with E-state index in [0.717, 1.165) is 33.6 Å². The Kier molecular flexibility index (Phi) is 7.92. The van der Waals surface area contributed by atoms with Crippen LogP contribution >= 0.6 is 0 Å². The summed E-state index contributed by atoms with van der Waals surface area (Å²) >= 11 is 0. The van der Waals surface area contributed by atoms with Gasteiger partial charge in [0.1, 0.15) is 22.9 Å². The average Bonchev–Trinajstić information content (AvgIpc) is 3.48. The number of benzene rings is 3. The maximum atomic E-state index is 13.9. The number of carbonyl (C=O) groups excluding carboxylic acids is 1. The van der Waals surface area contributed by atoms with E-state index in [1.165, 1.54) is 0 Å². The molecule has 0 spiro atoms. The minimum absolute atomic E-state index is 0.134. The Bertz CT molecular complexity index is 1530. The molecule has 1 aliphatic rings. The topological polar surface area (TPSA) is 96.9 Å². The van der Waals surface area contributed by atoms with Crippen LogP contribution in [-0.4, -0.2) is 53.5 Å². The van der Waals surface area contributed by atoms with E-state index in [1.54, 1.807) is 20.3 Å². The molecule has 4 aromatic rings. The Balaban J connectivity index is 1.59. The van der Waals surface area contributed by atoms with Crippen LogP contribution in [0.1, 0.15) is 58.2 Å². The molecule has 1 atom stereocenters. The first-order chi connectivity index (χ1) is 19.7. The summed E-state index contributed by atoms with van der Waals surface area (Å²) in [7, 11) is 3.26. The zero-order chi connectivity index (χ0) is 29.3. The summed E-state index contributed by atoms with van der Waals surface area (Å²) < 4.78 is 17.0. The summed E-state index contributed by atoms with van der Waals surface area (Å²) in [6, 6.07) is 17.0. The van der Waals surface area contributed by atoms with Crippen molar-refractivity contribution in [2.75, 3.05) is 27.4 Å². The lowest BCUT2D eigenvalue weighted by Gasteiger charge is -2.27. The molecule has 1 aromatic heterocycles. The minimum atomic E-state index is -0.447. The molecular formula is C33H37N3O5. The van der Waals surface area contributed by atoms with Crippen LogP contribution in [0.3, 0.4) is 0 Å². The lowest BCUT2D eigenvalue weighted by Crippen LogP contribution is -2.31. The highest BCUT2D eigenvalue weighted by Gasteiger charge is 2.42. The molecule has 5 rings (SSSR count). The third-order valence-electron chi connectivity index (χ3n) is 7.44. The summed E-state index contributed by atoms with van der Waals surface area (Å²) in [4.78, 5) is 15.7. The first kappa shape index (κ1) is 28.1. The average molecular weight is 556 g/mol. The number of aromatic amines is 1. The highest BCUT2D eigenvalue weighted by Crippen LogP contribution is 2.47. The van der Waals surface area contributed by atoms with Crippen molar-refractivity contribution in [2.45, 2.75) is 40.2 Å². The largest absolute Gasteiger partial charge is 0.507 e. The van der Waals surface area contributed by atoms with Gasteiger partial charge in [-0.15, -0.1) is 0 Å². The van der Waals surface area contributed by atoms with Crippen molar-refractivity contribution in [3.8, 4) is 34.3 Å². The van der Waals surface area contributed by atoms with E-state index in [-0.39, 0.29) is 11.7 Å². The van der Waals surface area contributed by atoms with Gasteiger partial charge >= 0.3 is 0 Å². The number of H-pyrrole nitrogens is 1. The number of ether oxygens (including phenoxy) is 3. The summed E-state index contributed by atoms with van der Waals surface area (Å²) in [5, 5.41) is 18.5. The number of amides is 1. The van der Waals surface area contributed by atoms with Crippen molar-refractivity contribution < 1.29 is 24.1 Å². The molecule has 0 radical (unpaired) electrons. The van der Waals surface area contributed by atoms with Crippen LogP contribution < -0.4 is 14.2 Å². The Labute approximate surface area is 240 Å². The highest BCUT2D eigenvalue weighted by molar-refractivity contribution is 6.00. The predicted octanol–water partition coefficient (Wildman–Crippen LogP) is 6.24. The van der Waals surface area contributed by atoms with Gasteiger partial charge in [-0.2, -0.15) is 5.10 Å². The maximum absolute atomic E-state index is 13.9. The first-order valence-electron chi connectivity index (χ1n) is 13.8. The predicted molar refractivity (Wildman–Crippen MR) is 158 cm³/mol. The highest BCUT2D eigenvalue weighted by atomic mass is 16.5. The molecule has 3 aromatic carbocycles. The molecule has 214 valence electrons. The van der Waals surface area contributed by atoms with Crippen molar-refractivity contribution in [2.24, 2.45) is 5.92 Å². The third kappa shape index (κ3) is 5.46. The number of aromatic nitrogens is 2.